The highest BCUT2D eigenvalue weighted by molar-refractivity contribution is 6.31. The van der Waals surface area contributed by atoms with Gasteiger partial charge in [0.05, 0.1) is 22.6 Å². The largest absolute Gasteiger partial charge is 0.496 e. The molecule has 1 aliphatic carbocycles. The molecule has 7 heteroatoms. The average molecular weight is 358 g/mol. The van der Waals surface area contributed by atoms with Crippen molar-refractivity contribution >= 4 is 29.1 Å². The van der Waals surface area contributed by atoms with E-state index in [2.05, 4.69) is 20.3 Å². The minimum absolute atomic E-state index is 0.00689. The van der Waals surface area contributed by atoms with Gasteiger partial charge in [-0.3, -0.25) is 0 Å². The van der Waals surface area contributed by atoms with E-state index in [1.165, 1.54) is 0 Å². The standard InChI is InChI=1S/C18H20ClN5O/c19-13-9-21-18(22-11-5-3-4-10(20)8-11)24-16(13)15-12-6-1-2-7-14(12)23-17(15)25/h1-2,6-7,9-11,15H,3-5,8,20H2,(H,23,25)(H,21,22,24)/t10-,11+,15?/m0/s1. The molecule has 1 fully saturated rings. The van der Waals surface area contributed by atoms with Crippen LogP contribution in [0.15, 0.2) is 35.5 Å². The van der Waals surface area contributed by atoms with E-state index >= 15 is 0 Å². The van der Waals surface area contributed by atoms with Gasteiger partial charge in [-0.1, -0.05) is 29.8 Å². The van der Waals surface area contributed by atoms with Gasteiger partial charge in [0.1, 0.15) is 5.92 Å². The Morgan fingerprint density at radius 2 is 2.08 bits per heavy atom. The first-order valence-electron chi connectivity index (χ1n) is 8.53. The maximum Gasteiger partial charge on any atom is 0.223 e. The number of para-hydroxylation sites is 1. The van der Waals surface area contributed by atoms with Gasteiger partial charge in [0.15, 0.2) is 5.90 Å². The quantitative estimate of drug-likeness (QED) is 0.780. The van der Waals surface area contributed by atoms with Crippen molar-refractivity contribution in [3.63, 3.8) is 0 Å². The Kier molecular flexibility index (Phi) is 4.31. The molecule has 130 valence electrons. The van der Waals surface area contributed by atoms with Crippen molar-refractivity contribution in [1.29, 1.82) is 0 Å². The summed E-state index contributed by atoms with van der Waals surface area (Å²) < 4.78 is 0. The molecule has 0 amide bonds. The van der Waals surface area contributed by atoms with Crippen molar-refractivity contribution in [1.82, 2.24) is 9.97 Å². The van der Waals surface area contributed by atoms with Crippen molar-refractivity contribution in [2.45, 2.75) is 43.7 Å². The summed E-state index contributed by atoms with van der Waals surface area (Å²) in [6.07, 6.45) is 5.69. The molecule has 1 aromatic carbocycles. The number of aliphatic hydroxyl groups is 1. The van der Waals surface area contributed by atoms with Crippen LogP contribution >= 0.6 is 11.6 Å². The number of rotatable bonds is 3. The molecule has 4 rings (SSSR count). The lowest BCUT2D eigenvalue weighted by Gasteiger charge is -2.27. The van der Waals surface area contributed by atoms with E-state index in [0.29, 0.717) is 16.7 Å². The Morgan fingerprint density at radius 1 is 1.24 bits per heavy atom. The first-order chi connectivity index (χ1) is 12.1. The van der Waals surface area contributed by atoms with Crippen molar-refractivity contribution < 1.29 is 5.11 Å². The van der Waals surface area contributed by atoms with Crippen LogP contribution in [0.1, 0.15) is 42.9 Å². The third kappa shape index (κ3) is 3.19. The van der Waals surface area contributed by atoms with Crippen LogP contribution in [0.25, 0.3) is 0 Å². The van der Waals surface area contributed by atoms with Gasteiger partial charge < -0.3 is 16.2 Å². The fourth-order valence-corrected chi connectivity index (χ4v) is 3.82. The average Bonchev–Trinajstić information content (AvgIpc) is 2.92. The summed E-state index contributed by atoms with van der Waals surface area (Å²) in [5, 5.41) is 14.1. The Labute approximate surface area is 151 Å². The second kappa shape index (κ2) is 6.61. The first-order valence-corrected chi connectivity index (χ1v) is 8.90. The van der Waals surface area contributed by atoms with Crippen LogP contribution in [-0.4, -0.2) is 33.1 Å². The van der Waals surface area contributed by atoms with Crippen LogP contribution in [-0.2, 0) is 0 Å². The lowest BCUT2D eigenvalue weighted by molar-refractivity contribution is 0.408. The fourth-order valence-electron chi connectivity index (χ4n) is 3.62. The maximum atomic E-state index is 10.3. The van der Waals surface area contributed by atoms with Crippen LogP contribution < -0.4 is 11.1 Å². The molecule has 2 heterocycles. The van der Waals surface area contributed by atoms with Gasteiger partial charge in [0.25, 0.3) is 0 Å². The van der Waals surface area contributed by atoms with Crippen LogP contribution in [0.5, 0.6) is 0 Å². The summed E-state index contributed by atoms with van der Waals surface area (Å²) in [7, 11) is 0. The second-order valence-corrected chi connectivity index (χ2v) is 7.06. The number of hydrogen-bond acceptors (Lipinski definition) is 5. The summed E-state index contributed by atoms with van der Waals surface area (Å²) >= 11 is 6.34. The molecule has 1 aromatic heterocycles. The molecule has 4 N–H and O–H groups in total. The zero-order valence-electron chi connectivity index (χ0n) is 13.7. The van der Waals surface area contributed by atoms with E-state index in [9.17, 15) is 5.11 Å². The molecular formula is C18H20ClN5O. The number of benzene rings is 1. The van der Waals surface area contributed by atoms with E-state index in [0.717, 1.165) is 36.9 Å². The summed E-state index contributed by atoms with van der Waals surface area (Å²) in [6, 6.07) is 8.07. The fraction of sp³-hybridized carbons (Fsp3) is 0.389. The Hall–Kier alpha value is -2.18. The number of nitrogens with one attached hydrogen (secondary N) is 1. The molecular weight excluding hydrogens is 338 g/mol. The van der Waals surface area contributed by atoms with Gasteiger partial charge >= 0.3 is 0 Å². The van der Waals surface area contributed by atoms with Crippen LogP contribution in [0.2, 0.25) is 5.02 Å². The lowest BCUT2D eigenvalue weighted by atomic mass is 9.92. The van der Waals surface area contributed by atoms with Gasteiger partial charge in [-0.05, 0) is 37.3 Å². The zero-order chi connectivity index (χ0) is 17.4. The predicted molar refractivity (Wildman–Crippen MR) is 98.9 cm³/mol. The minimum atomic E-state index is -0.458. The molecule has 0 bridgehead atoms. The molecule has 1 saturated carbocycles. The van der Waals surface area contributed by atoms with E-state index in [4.69, 9.17) is 17.3 Å². The Bertz CT molecular complexity index is 825. The van der Waals surface area contributed by atoms with Crippen LogP contribution in [0.3, 0.4) is 0 Å². The number of anilines is 1. The lowest BCUT2D eigenvalue weighted by Crippen LogP contribution is -2.35. The smallest absolute Gasteiger partial charge is 0.223 e. The van der Waals surface area contributed by atoms with Crippen molar-refractivity contribution in [3.8, 4) is 0 Å². The van der Waals surface area contributed by atoms with Gasteiger partial charge in [0.2, 0.25) is 5.95 Å². The summed E-state index contributed by atoms with van der Waals surface area (Å²) in [6.45, 7) is 0. The molecule has 1 aliphatic heterocycles. The Balaban J connectivity index is 1.63. The predicted octanol–water partition coefficient (Wildman–Crippen LogP) is 3.55. The van der Waals surface area contributed by atoms with Gasteiger partial charge in [-0.15, -0.1) is 0 Å². The molecule has 25 heavy (non-hydrogen) atoms. The molecule has 6 nitrogen and oxygen atoms in total. The monoisotopic (exact) mass is 357 g/mol. The minimum Gasteiger partial charge on any atom is -0.496 e. The molecule has 0 spiro atoms. The molecule has 0 radical (unpaired) electrons. The first kappa shape index (κ1) is 16.3. The van der Waals surface area contributed by atoms with E-state index < -0.39 is 5.92 Å². The van der Waals surface area contributed by atoms with Gasteiger partial charge in [-0.2, -0.15) is 0 Å². The van der Waals surface area contributed by atoms with Crippen LogP contribution in [0.4, 0.5) is 11.6 Å². The summed E-state index contributed by atoms with van der Waals surface area (Å²) in [5.41, 5.74) is 8.25. The maximum absolute atomic E-state index is 10.3. The van der Waals surface area contributed by atoms with Crippen molar-refractivity contribution in [2.75, 3.05) is 5.32 Å². The van der Waals surface area contributed by atoms with Crippen molar-refractivity contribution in [3.05, 3.63) is 46.7 Å². The highest BCUT2D eigenvalue weighted by Crippen LogP contribution is 2.40. The second-order valence-electron chi connectivity index (χ2n) is 6.66. The Morgan fingerprint density at radius 3 is 2.92 bits per heavy atom. The number of aliphatic hydroxyl groups excluding tert-OH is 1. The third-order valence-electron chi connectivity index (χ3n) is 4.83. The number of fused-ring (bicyclic) bond motifs is 1. The van der Waals surface area contributed by atoms with E-state index in [1.54, 1.807) is 6.20 Å². The third-order valence-corrected chi connectivity index (χ3v) is 5.12. The molecule has 1 unspecified atom stereocenters. The highest BCUT2D eigenvalue weighted by atomic mass is 35.5. The number of halogens is 1. The number of hydrogen-bond donors (Lipinski definition) is 3. The van der Waals surface area contributed by atoms with Crippen LogP contribution in [0, 0.1) is 0 Å². The number of aliphatic imine (C=N–C) groups is 1. The molecule has 3 atom stereocenters. The summed E-state index contributed by atoms with van der Waals surface area (Å²) in [5.74, 6) is 0.0592. The zero-order valence-corrected chi connectivity index (χ0v) is 14.4. The SMILES string of the molecule is N[C@H]1CCC[C@@H](Nc2ncc(Cl)c(C3C(O)=Nc4ccccc43)n2)C1. The molecule has 0 saturated heterocycles. The van der Waals surface area contributed by atoms with Gasteiger partial charge in [0, 0.05) is 12.1 Å². The van der Waals surface area contributed by atoms with Gasteiger partial charge in [-0.25, -0.2) is 15.0 Å². The number of nitrogens with zero attached hydrogens (tertiary/aromatic N) is 3. The molecule has 2 aliphatic rings. The highest BCUT2D eigenvalue weighted by Gasteiger charge is 2.32. The summed E-state index contributed by atoms with van der Waals surface area (Å²) in [4.78, 5) is 13.1. The normalized spacial score (nSPS) is 25.4. The molecule has 2 aromatic rings. The van der Waals surface area contributed by atoms with Crippen molar-refractivity contribution in [2.24, 2.45) is 10.7 Å². The van der Waals surface area contributed by atoms with E-state index in [-0.39, 0.29) is 18.0 Å². The van der Waals surface area contributed by atoms with E-state index in [1.807, 2.05) is 24.3 Å². The number of nitrogens with two attached hydrogens (primary N) is 1. The number of aromatic nitrogens is 2. The topological polar surface area (TPSA) is 96.4 Å².